The highest BCUT2D eigenvalue weighted by Crippen LogP contribution is 2.40. The maximum Gasteiger partial charge on any atom is 0.410 e. The molecule has 2 atom stereocenters. The van der Waals surface area contributed by atoms with Crippen LogP contribution in [0.25, 0.3) is 0 Å². The van der Waals surface area contributed by atoms with Gasteiger partial charge in [-0.3, -0.25) is 14.4 Å². The van der Waals surface area contributed by atoms with Crippen molar-refractivity contribution >= 4 is 29.5 Å². The van der Waals surface area contributed by atoms with Crippen molar-refractivity contribution < 1.29 is 38.1 Å². The minimum absolute atomic E-state index is 0.144. The van der Waals surface area contributed by atoms with E-state index in [4.69, 9.17) is 18.9 Å². The Labute approximate surface area is 266 Å². The number of amides is 4. The average Bonchev–Trinajstić information content (AvgIpc) is 3.00. The number of nitrogens with zero attached hydrogens (tertiary/aromatic N) is 4. The summed E-state index contributed by atoms with van der Waals surface area (Å²) in [5.41, 5.74) is -1.50. The van der Waals surface area contributed by atoms with E-state index in [0.29, 0.717) is 76.0 Å². The molecule has 3 aliphatic rings. The van der Waals surface area contributed by atoms with Crippen molar-refractivity contribution in [1.82, 2.24) is 14.7 Å². The van der Waals surface area contributed by atoms with E-state index in [1.807, 2.05) is 39.5 Å². The Bertz CT molecular complexity index is 1240. The molecule has 0 aromatic heterocycles. The van der Waals surface area contributed by atoms with Crippen LogP contribution in [0.5, 0.6) is 5.75 Å². The van der Waals surface area contributed by atoms with Gasteiger partial charge in [0, 0.05) is 58.0 Å². The molecule has 0 spiro atoms. The van der Waals surface area contributed by atoms with E-state index >= 15 is 0 Å². The summed E-state index contributed by atoms with van der Waals surface area (Å²) in [4.78, 5) is 61.4. The van der Waals surface area contributed by atoms with Crippen molar-refractivity contribution in [2.75, 3.05) is 64.6 Å². The van der Waals surface area contributed by atoms with Gasteiger partial charge >= 0.3 is 6.09 Å². The van der Waals surface area contributed by atoms with E-state index in [1.54, 1.807) is 40.0 Å². The number of carbonyl (C=O) groups excluding carboxylic acids is 4. The number of ether oxygens (including phenoxy) is 4. The molecule has 45 heavy (non-hydrogen) atoms. The maximum absolute atomic E-state index is 14.2. The molecule has 4 amide bonds. The quantitative estimate of drug-likeness (QED) is 0.300. The second-order valence-electron chi connectivity index (χ2n) is 13.4. The van der Waals surface area contributed by atoms with Gasteiger partial charge in [0.2, 0.25) is 0 Å². The number of morpholine rings is 1. The minimum atomic E-state index is -1.74. The van der Waals surface area contributed by atoms with E-state index in [9.17, 15) is 19.2 Å². The first-order chi connectivity index (χ1) is 21.3. The second-order valence-corrected chi connectivity index (χ2v) is 13.4. The Morgan fingerprint density at radius 3 is 2.44 bits per heavy atom. The molecule has 0 N–H and O–H groups in total. The molecule has 1 unspecified atom stereocenters. The summed E-state index contributed by atoms with van der Waals surface area (Å²) in [6.07, 6.45) is 2.48. The average molecular weight is 631 g/mol. The fourth-order valence-electron chi connectivity index (χ4n) is 6.16. The lowest BCUT2D eigenvalue weighted by Gasteiger charge is -2.43. The van der Waals surface area contributed by atoms with Crippen LogP contribution < -0.4 is 9.64 Å². The maximum atomic E-state index is 14.2. The highest BCUT2D eigenvalue weighted by atomic mass is 16.6. The number of anilines is 1. The Morgan fingerprint density at radius 1 is 1.09 bits per heavy atom. The molecular weight excluding hydrogens is 580 g/mol. The van der Waals surface area contributed by atoms with Crippen LogP contribution in [0.3, 0.4) is 0 Å². The number of rotatable bonds is 9. The number of fused-ring (bicyclic) bond motifs is 1. The molecule has 250 valence electrons. The fraction of sp³-hybridized carbons (Fsp3) is 0.697. The zero-order valence-electron chi connectivity index (χ0n) is 27.9. The van der Waals surface area contributed by atoms with Crippen LogP contribution in [-0.4, -0.2) is 121 Å². The van der Waals surface area contributed by atoms with Crippen LogP contribution in [0, 0.1) is 0 Å². The molecule has 1 aromatic rings. The number of methoxy groups -OCH3 is 1. The van der Waals surface area contributed by atoms with Crippen molar-refractivity contribution in [3.63, 3.8) is 0 Å². The highest BCUT2D eigenvalue weighted by molar-refractivity contribution is 6.16. The monoisotopic (exact) mass is 630 g/mol. The Hall–Kier alpha value is -3.38. The van der Waals surface area contributed by atoms with Crippen molar-refractivity contribution in [3.05, 3.63) is 23.8 Å². The standard InChI is InChI=1S/C33H50N4O8/c1-23(2)37(25-11-10-14-35(22-25)31(41)45-32(3,4)5)28(38)24-12-13-27-26(21-24)36(15-8-9-18-42-7)30(40)33(6,44-27)29(39)34-16-19-43-20-17-34/h12-13,21,23,25H,8-11,14-20,22H2,1-7H3/t25-,33?/m1/s1. The van der Waals surface area contributed by atoms with Crippen LogP contribution in [-0.2, 0) is 23.8 Å². The van der Waals surface area contributed by atoms with Gasteiger partial charge in [-0.05, 0) is 85.4 Å². The number of hydrogen-bond donors (Lipinski definition) is 0. The van der Waals surface area contributed by atoms with Crippen LogP contribution in [0.2, 0.25) is 0 Å². The van der Waals surface area contributed by atoms with Gasteiger partial charge in [0.25, 0.3) is 23.3 Å². The largest absolute Gasteiger partial charge is 0.465 e. The van der Waals surface area contributed by atoms with Crippen LogP contribution in [0.15, 0.2) is 18.2 Å². The summed E-state index contributed by atoms with van der Waals surface area (Å²) < 4.78 is 22.4. The summed E-state index contributed by atoms with van der Waals surface area (Å²) >= 11 is 0. The second kappa shape index (κ2) is 14.4. The molecule has 3 heterocycles. The third kappa shape index (κ3) is 7.89. The third-order valence-corrected chi connectivity index (χ3v) is 8.38. The van der Waals surface area contributed by atoms with Crippen molar-refractivity contribution in [1.29, 1.82) is 0 Å². The first kappa shape index (κ1) is 34.5. The zero-order valence-corrected chi connectivity index (χ0v) is 27.9. The van der Waals surface area contributed by atoms with E-state index < -0.39 is 23.0 Å². The molecule has 2 saturated heterocycles. The van der Waals surface area contributed by atoms with Gasteiger partial charge in [-0.2, -0.15) is 0 Å². The van der Waals surface area contributed by atoms with Crippen molar-refractivity contribution in [2.24, 2.45) is 0 Å². The number of piperidine rings is 1. The predicted octanol–water partition coefficient (Wildman–Crippen LogP) is 3.71. The molecular formula is C33H50N4O8. The van der Waals surface area contributed by atoms with Gasteiger partial charge in [0.15, 0.2) is 0 Å². The first-order valence-electron chi connectivity index (χ1n) is 16.1. The summed E-state index contributed by atoms with van der Waals surface area (Å²) in [7, 11) is 1.63. The molecule has 1 aromatic carbocycles. The lowest BCUT2D eigenvalue weighted by atomic mass is 9.97. The summed E-state index contributed by atoms with van der Waals surface area (Å²) in [6.45, 7) is 14.4. The van der Waals surface area contributed by atoms with Gasteiger partial charge < -0.3 is 38.5 Å². The smallest absolute Gasteiger partial charge is 0.410 e. The third-order valence-electron chi connectivity index (χ3n) is 8.38. The zero-order chi connectivity index (χ0) is 32.9. The van der Waals surface area contributed by atoms with E-state index in [0.717, 1.165) is 19.3 Å². The molecule has 0 aliphatic carbocycles. The molecule has 2 fully saturated rings. The normalized spacial score (nSPS) is 22.2. The number of carbonyl (C=O) groups is 4. The van der Waals surface area contributed by atoms with E-state index in [2.05, 4.69) is 0 Å². The van der Waals surface area contributed by atoms with Gasteiger partial charge in [-0.25, -0.2) is 4.79 Å². The molecule has 4 rings (SSSR count). The van der Waals surface area contributed by atoms with E-state index in [-0.39, 0.29) is 24.1 Å². The molecule has 12 heteroatoms. The number of likely N-dealkylation sites (tertiary alicyclic amines) is 1. The summed E-state index contributed by atoms with van der Waals surface area (Å²) in [5.74, 6) is -0.698. The summed E-state index contributed by atoms with van der Waals surface area (Å²) in [6, 6.07) is 4.70. The predicted molar refractivity (Wildman–Crippen MR) is 168 cm³/mol. The SMILES string of the molecule is COCCCCN1C(=O)C(C)(C(=O)N2CCOCC2)Oc2ccc(C(=O)N(C(C)C)[C@@H]3CCCN(C(=O)OC(C)(C)C)C3)cc21. The van der Waals surface area contributed by atoms with Gasteiger partial charge in [-0.1, -0.05) is 0 Å². The lowest BCUT2D eigenvalue weighted by Crippen LogP contribution is -2.64. The summed E-state index contributed by atoms with van der Waals surface area (Å²) in [5, 5.41) is 0. The molecule has 0 bridgehead atoms. The van der Waals surface area contributed by atoms with Crippen molar-refractivity contribution in [3.8, 4) is 5.75 Å². The number of benzene rings is 1. The highest BCUT2D eigenvalue weighted by Gasteiger charge is 2.52. The van der Waals surface area contributed by atoms with E-state index in [1.165, 1.54) is 6.92 Å². The first-order valence-corrected chi connectivity index (χ1v) is 16.1. The van der Waals surface area contributed by atoms with Gasteiger partial charge in [0.05, 0.1) is 24.9 Å². The number of hydrogen-bond acceptors (Lipinski definition) is 8. The topological polar surface area (TPSA) is 118 Å². The minimum Gasteiger partial charge on any atom is -0.465 e. The number of unbranched alkanes of at least 4 members (excludes halogenated alkanes) is 1. The molecule has 12 nitrogen and oxygen atoms in total. The Morgan fingerprint density at radius 2 is 1.80 bits per heavy atom. The Balaban J connectivity index is 1.62. The fourth-order valence-corrected chi connectivity index (χ4v) is 6.16. The Kier molecular flexibility index (Phi) is 11.0. The lowest BCUT2D eigenvalue weighted by molar-refractivity contribution is -0.158. The van der Waals surface area contributed by atoms with Crippen LogP contribution in [0.4, 0.5) is 10.5 Å². The van der Waals surface area contributed by atoms with Gasteiger partial charge in [-0.15, -0.1) is 0 Å². The molecule has 3 aliphatic heterocycles. The van der Waals surface area contributed by atoms with Crippen LogP contribution in [0.1, 0.15) is 77.6 Å². The van der Waals surface area contributed by atoms with Gasteiger partial charge in [0.1, 0.15) is 11.4 Å². The van der Waals surface area contributed by atoms with Crippen LogP contribution >= 0.6 is 0 Å². The van der Waals surface area contributed by atoms with Crippen molar-refractivity contribution in [2.45, 2.75) is 90.5 Å². The molecule has 0 saturated carbocycles. The molecule has 0 radical (unpaired) electrons.